The largest absolute Gasteiger partial charge is 0.364 e. The van der Waals surface area contributed by atoms with Gasteiger partial charge in [0.15, 0.2) is 0 Å². The first-order valence-corrected chi connectivity index (χ1v) is 5.79. The molecule has 0 amide bonds. The molecule has 0 saturated heterocycles. The predicted octanol–water partition coefficient (Wildman–Crippen LogP) is 3.25. The first-order valence-electron chi connectivity index (χ1n) is 4.80. The third-order valence-electron chi connectivity index (χ3n) is 2.70. The maximum atomic E-state index is 3.31. The van der Waals surface area contributed by atoms with E-state index in [4.69, 9.17) is 0 Å². The van der Waals surface area contributed by atoms with E-state index in [0.29, 0.717) is 5.92 Å². The van der Waals surface area contributed by atoms with Crippen LogP contribution < -0.4 is 0 Å². The summed E-state index contributed by atoms with van der Waals surface area (Å²) >= 11 is 1.95. The van der Waals surface area contributed by atoms with Gasteiger partial charge in [0.05, 0.1) is 0 Å². The van der Waals surface area contributed by atoms with Gasteiger partial charge in [-0.2, -0.15) is 0 Å². The Morgan fingerprint density at radius 3 is 2.93 bits per heavy atom. The Labute approximate surface area is 87.5 Å². The Hall–Kier alpha value is -1.15. The van der Waals surface area contributed by atoms with Gasteiger partial charge in [-0.1, -0.05) is 18.2 Å². The minimum absolute atomic E-state index is 0.561. The summed E-state index contributed by atoms with van der Waals surface area (Å²) < 4.78 is 0. The number of benzene rings is 1. The summed E-state index contributed by atoms with van der Waals surface area (Å²) in [6, 6.07) is 12.9. The molecule has 0 bridgehead atoms. The molecule has 1 aromatic heterocycles. The number of aromatic amines is 1. The SMILES string of the molecule is c1c[nH]c(C2CSc3ccccc32)c1. The predicted molar refractivity (Wildman–Crippen MR) is 59.8 cm³/mol. The smallest absolute Gasteiger partial charge is 0.0346 e. The van der Waals surface area contributed by atoms with E-state index in [9.17, 15) is 0 Å². The van der Waals surface area contributed by atoms with Gasteiger partial charge in [0, 0.05) is 28.5 Å². The molecule has 2 aromatic rings. The molecule has 0 spiro atoms. The lowest BCUT2D eigenvalue weighted by molar-refractivity contribution is 0.898. The summed E-state index contributed by atoms with van der Waals surface area (Å²) in [5, 5.41) is 0. The summed E-state index contributed by atoms with van der Waals surface area (Å²) in [7, 11) is 0. The van der Waals surface area contributed by atoms with Crippen molar-refractivity contribution in [3.63, 3.8) is 0 Å². The van der Waals surface area contributed by atoms with Crippen LogP contribution in [-0.2, 0) is 0 Å². The quantitative estimate of drug-likeness (QED) is 0.748. The minimum Gasteiger partial charge on any atom is -0.364 e. The van der Waals surface area contributed by atoms with Crippen LogP contribution in [0.15, 0.2) is 47.5 Å². The van der Waals surface area contributed by atoms with Crippen molar-refractivity contribution in [1.29, 1.82) is 0 Å². The maximum absolute atomic E-state index is 3.31. The van der Waals surface area contributed by atoms with Gasteiger partial charge in [-0.15, -0.1) is 11.8 Å². The second kappa shape index (κ2) is 3.21. The van der Waals surface area contributed by atoms with E-state index in [0.717, 1.165) is 0 Å². The molecule has 0 radical (unpaired) electrons. The van der Waals surface area contributed by atoms with Crippen molar-refractivity contribution in [1.82, 2.24) is 4.98 Å². The van der Waals surface area contributed by atoms with Crippen LogP contribution in [0.5, 0.6) is 0 Å². The third kappa shape index (κ3) is 1.18. The van der Waals surface area contributed by atoms with Gasteiger partial charge in [0.1, 0.15) is 0 Å². The Kier molecular flexibility index (Phi) is 1.88. The Morgan fingerprint density at radius 1 is 1.14 bits per heavy atom. The fourth-order valence-corrected chi connectivity index (χ4v) is 3.24. The van der Waals surface area contributed by atoms with Gasteiger partial charge in [0.2, 0.25) is 0 Å². The number of thioether (sulfide) groups is 1. The molecule has 1 aromatic carbocycles. The highest BCUT2D eigenvalue weighted by molar-refractivity contribution is 7.99. The normalized spacial score (nSPS) is 19.6. The summed E-state index contributed by atoms with van der Waals surface area (Å²) in [5.41, 5.74) is 2.81. The lowest BCUT2D eigenvalue weighted by Crippen LogP contribution is -1.98. The monoisotopic (exact) mass is 201 g/mol. The summed E-state index contributed by atoms with van der Waals surface area (Å²) in [5.74, 6) is 1.73. The molecule has 0 fully saturated rings. The van der Waals surface area contributed by atoms with Gasteiger partial charge in [-0.05, 0) is 23.8 Å². The highest BCUT2D eigenvalue weighted by Gasteiger charge is 2.24. The zero-order chi connectivity index (χ0) is 9.38. The summed E-state index contributed by atoms with van der Waals surface area (Å²) in [4.78, 5) is 4.74. The lowest BCUT2D eigenvalue weighted by Gasteiger charge is -2.07. The first kappa shape index (κ1) is 8.18. The summed E-state index contributed by atoms with van der Waals surface area (Å²) in [6.45, 7) is 0. The van der Waals surface area contributed by atoms with Crippen LogP contribution in [-0.4, -0.2) is 10.7 Å². The van der Waals surface area contributed by atoms with Gasteiger partial charge < -0.3 is 4.98 Å². The van der Waals surface area contributed by atoms with E-state index in [-0.39, 0.29) is 0 Å². The van der Waals surface area contributed by atoms with E-state index in [1.807, 2.05) is 18.0 Å². The molecule has 70 valence electrons. The van der Waals surface area contributed by atoms with Crippen molar-refractivity contribution in [2.45, 2.75) is 10.8 Å². The molecule has 0 aliphatic carbocycles. The zero-order valence-corrected chi connectivity index (χ0v) is 8.55. The highest BCUT2D eigenvalue weighted by atomic mass is 32.2. The van der Waals surface area contributed by atoms with E-state index >= 15 is 0 Å². The number of hydrogen-bond acceptors (Lipinski definition) is 1. The molecule has 1 nitrogen and oxygen atoms in total. The third-order valence-corrected chi connectivity index (χ3v) is 3.88. The zero-order valence-electron chi connectivity index (χ0n) is 7.73. The Morgan fingerprint density at radius 2 is 2.07 bits per heavy atom. The number of aromatic nitrogens is 1. The van der Waals surface area contributed by atoms with Crippen LogP contribution in [0.1, 0.15) is 17.2 Å². The molecule has 2 heterocycles. The maximum Gasteiger partial charge on any atom is 0.0346 e. The topological polar surface area (TPSA) is 15.8 Å². The number of rotatable bonds is 1. The Bertz CT molecular complexity index is 433. The molecule has 1 N–H and O–H groups in total. The van der Waals surface area contributed by atoms with Crippen molar-refractivity contribution in [3.8, 4) is 0 Å². The second-order valence-electron chi connectivity index (χ2n) is 3.53. The molecule has 2 heteroatoms. The number of hydrogen-bond donors (Lipinski definition) is 1. The van der Waals surface area contributed by atoms with E-state index < -0.39 is 0 Å². The van der Waals surface area contributed by atoms with Gasteiger partial charge in [0.25, 0.3) is 0 Å². The van der Waals surface area contributed by atoms with E-state index in [2.05, 4.69) is 41.4 Å². The van der Waals surface area contributed by atoms with Crippen molar-refractivity contribution in [2.24, 2.45) is 0 Å². The Balaban J connectivity index is 2.06. The standard InChI is InChI=1S/C12H11NS/c1-2-6-12-9(4-1)10(8-14-12)11-5-3-7-13-11/h1-7,10,13H,8H2. The highest BCUT2D eigenvalue weighted by Crippen LogP contribution is 2.42. The van der Waals surface area contributed by atoms with Crippen molar-refractivity contribution < 1.29 is 0 Å². The minimum atomic E-state index is 0.561. The second-order valence-corrected chi connectivity index (χ2v) is 4.59. The fraction of sp³-hybridized carbons (Fsp3) is 0.167. The average Bonchev–Trinajstić information content (AvgIpc) is 2.85. The molecule has 14 heavy (non-hydrogen) atoms. The molecule has 1 aliphatic rings. The van der Waals surface area contributed by atoms with Crippen LogP contribution in [0.25, 0.3) is 0 Å². The van der Waals surface area contributed by atoms with Gasteiger partial charge in [-0.25, -0.2) is 0 Å². The molecule has 1 aliphatic heterocycles. The summed E-state index contributed by atoms with van der Waals surface area (Å²) in [6.07, 6.45) is 2.00. The van der Waals surface area contributed by atoms with Crippen molar-refractivity contribution >= 4 is 11.8 Å². The molecule has 3 rings (SSSR count). The molecular weight excluding hydrogens is 190 g/mol. The lowest BCUT2D eigenvalue weighted by atomic mass is 9.98. The number of H-pyrrole nitrogens is 1. The average molecular weight is 201 g/mol. The van der Waals surface area contributed by atoms with Gasteiger partial charge in [-0.3, -0.25) is 0 Å². The molecule has 1 atom stereocenters. The molecule has 0 saturated carbocycles. The number of fused-ring (bicyclic) bond motifs is 1. The van der Waals surface area contributed by atoms with Crippen molar-refractivity contribution in [3.05, 3.63) is 53.9 Å². The van der Waals surface area contributed by atoms with Crippen LogP contribution >= 0.6 is 11.8 Å². The number of nitrogens with one attached hydrogen (secondary N) is 1. The van der Waals surface area contributed by atoms with Gasteiger partial charge >= 0.3 is 0 Å². The molecular formula is C12H11NS. The molecule has 1 unspecified atom stereocenters. The van der Waals surface area contributed by atoms with E-state index in [1.54, 1.807) is 0 Å². The van der Waals surface area contributed by atoms with Crippen LogP contribution in [0.4, 0.5) is 0 Å². The first-order chi connectivity index (χ1) is 6.95. The van der Waals surface area contributed by atoms with Crippen LogP contribution in [0.2, 0.25) is 0 Å². The van der Waals surface area contributed by atoms with Crippen molar-refractivity contribution in [2.75, 3.05) is 5.75 Å². The van der Waals surface area contributed by atoms with Crippen LogP contribution in [0, 0.1) is 0 Å². The van der Waals surface area contributed by atoms with E-state index in [1.165, 1.54) is 21.9 Å². The fourth-order valence-electron chi connectivity index (χ4n) is 1.98. The van der Waals surface area contributed by atoms with Crippen LogP contribution in [0.3, 0.4) is 0 Å².